The zero-order valence-corrected chi connectivity index (χ0v) is 20.0. The van der Waals surface area contributed by atoms with Crippen LogP contribution >= 0.6 is 0 Å². The lowest BCUT2D eigenvalue weighted by molar-refractivity contribution is -0.141. The molecule has 1 aromatic heterocycles. The summed E-state index contributed by atoms with van der Waals surface area (Å²) in [6, 6.07) is 32.2. The van der Waals surface area contributed by atoms with Gasteiger partial charge in [0.25, 0.3) is 0 Å². The molecule has 0 spiro atoms. The molecule has 5 aromatic rings. The van der Waals surface area contributed by atoms with Gasteiger partial charge in [-0.3, -0.25) is 4.79 Å². The zero-order chi connectivity index (χ0) is 25.6. The molecular formula is C31H25N3O3. The number of carboxylic acid groups (broad SMARTS) is 1. The van der Waals surface area contributed by atoms with Crippen molar-refractivity contribution in [2.24, 2.45) is 0 Å². The predicted molar refractivity (Wildman–Crippen MR) is 145 cm³/mol. The number of hydrogen-bond donors (Lipinski definition) is 2. The van der Waals surface area contributed by atoms with Gasteiger partial charge >= 0.3 is 5.97 Å². The second-order valence-electron chi connectivity index (χ2n) is 8.70. The topological polar surface area (TPSA) is 84.2 Å². The van der Waals surface area contributed by atoms with E-state index < -0.39 is 17.9 Å². The van der Waals surface area contributed by atoms with E-state index in [-0.39, 0.29) is 6.42 Å². The summed E-state index contributed by atoms with van der Waals surface area (Å²) in [5, 5.41) is 19.3. The Bertz CT molecular complexity index is 1570. The molecule has 182 valence electrons. The van der Waals surface area contributed by atoms with Crippen LogP contribution < -0.4 is 5.32 Å². The van der Waals surface area contributed by atoms with E-state index >= 15 is 0 Å². The van der Waals surface area contributed by atoms with Gasteiger partial charge in [-0.05, 0) is 40.6 Å². The van der Waals surface area contributed by atoms with Crippen LogP contribution in [0.4, 0.5) is 0 Å². The number of nitrogens with zero attached hydrogens (tertiary/aromatic N) is 2. The van der Waals surface area contributed by atoms with Crippen LogP contribution in [0.25, 0.3) is 33.8 Å². The number of nitrogens with one attached hydrogen (secondary N) is 1. The van der Waals surface area contributed by atoms with Gasteiger partial charge in [-0.2, -0.15) is 5.10 Å². The molecule has 4 aromatic carbocycles. The fourth-order valence-electron chi connectivity index (χ4n) is 4.22. The maximum absolute atomic E-state index is 12.7. The molecule has 0 aliphatic rings. The third-order valence-corrected chi connectivity index (χ3v) is 6.10. The fraction of sp³-hybridized carbons (Fsp3) is 0.0645. The van der Waals surface area contributed by atoms with E-state index in [1.54, 1.807) is 10.8 Å². The van der Waals surface area contributed by atoms with Gasteiger partial charge in [0.2, 0.25) is 5.91 Å². The summed E-state index contributed by atoms with van der Waals surface area (Å²) in [6.45, 7) is 0. The van der Waals surface area contributed by atoms with Crippen molar-refractivity contribution in [1.29, 1.82) is 0 Å². The number of rotatable bonds is 8. The molecule has 0 aliphatic carbocycles. The molecule has 6 heteroatoms. The molecule has 0 bridgehead atoms. The Morgan fingerprint density at radius 1 is 0.865 bits per heavy atom. The van der Waals surface area contributed by atoms with Crippen LogP contribution in [0.1, 0.15) is 11.1 Å². The monoisotopic (exact) mass is 487 g/mol. The maximum Gasteiger partial charge on any atom is 0.326 e. The molecule has 0 fully saturated rings. The van der Waals surface area contributed by atoms with Gasteiger partial charge in [0.1, 0.15) is 6.04 Å². The predicted octanol–water partition coefficient (Wildman–Crippen LogP) is 5.52. The normalized spacial score (nSPS) is 12.0. The van der Waals surface area contributed by atoms with Gasteiger partial charge in [-0.25, -0.2) is 9.48 Å². The number of para-hydroxylation sites is 1. The Hall–Kier alpha value is -4.97. The molecule has 1 amide bonds. The van der Waals surface area contributed by atoms with Gasteiger partial charge in [0.05, 0.1) is 11.4 Å². The van der Waals surface area contributed by atoms with Gasteiger partial charge in [0.15, 0.2) is 0 Å². The van der Waals surface area contributed by atoms with Crippen LogP contribution in [0, 0.1) is 0 Å². The summed E-state index contributed by atoms with van der Waals surface area (Å²) in [4.78, 5) is 24.5. The third-order valence-electron chi connectivity index (χ3n) is 6.10. The van der Waals surface area contributed by atoms with Crippen molar-refractivity contribution in [3.05, 3.63) is 127 Å². The first-order valence-electron chi connectivity index (χ1n) is 12.0. The number of amides is 1. The first-order chi connectivity index (χ1) is 18.1. The molecule has 1 atom stereocenters. The van der Waals surface area contributed by atoms with Crippen molar-refractivity contribution in [2.75, 3.05) is 0 Å². The van der Waals surface area contributed by atoms with E-state index in [1.165, 1.54) is 6.08 Å². The maximum atomic E-state index is 12.7. The van der Waals surface area contributed by atoms with E-state index in [0.717, 1.165) is 38.8 Å². The standard InChI is InChI=1S/C31H25N3O3/c35-29(32-28(31(36)37)19-22-9-3-1-4-10-22)18-17-26-21-34(27-13-5-2-6-14-27)33-30(26)25-16-15-23-11-7-8-12-24(23)20-25/h1-18,20-21,28H,19H2,(H,32,35)(H,36,37)/b18-17+/t28-/m1/s1. The molecule has 6 nitrogen and oxygen atoms in total. The van der Waals surface area contributed by atoms with Crippen LogP contribution in [0.2, 0.25) is 0 Å². The Morgan fingerprint density at radius 2 is 1.54 bits per heavy atom. The highest BCUT2D eigenvalue weighted by atomic mass is 16.4. The summed E-state index contributed by atoms with van der Waals surface area (Å²) in [7, 11) is 0. The van der Waals surface area contributed by atoms with Gasteiger partial charge in [-0.15, -0.1) is 0 Å². The lowest BCUT2D eigenvalue weighted by atomic mass is 10.0. The molecule has 0 saturated heterocycles. The zero-order valence-electron chi connectivity index (χ0n) is 20.0. The highest BCUT2D eigenvalue weighted by Crippen LogP contribution is 2.28. The van der Waals surface area contributed by atoms with Crippen molar-refractivity contribution in [2.45, 2.75) is 12.5 Å². The smallest absolute Gasteiger partial charge is 0.326 e. The van der Waals surface area contributed by atoms with Crippen LogP contribution in [0.5, 0.6) is 0 Å². The van der Waals surface area contributed by atoms with Gasteiger partial charge in [-0.1, -0.05) is 84.9 Å². The van der Waals surface area contributed by atoms with Crippen molar-refractivity contribution < 1.29 is 14.7 Å². The van der Waals surface area contributed by atoms with Crippen LogP contribution in [0.3, 0.4) is 0 Å². The fourth-order valence-corrected chi connectivity index (χ4v) is 4.22. The second-order valence-corrected chi connectivity index (χ2v) is 8.70. The van der Waals surface area contributed by atoms with E-state index in [0.29, 0.717) is 0 Å². The van der Waals surface area contributed by atoms with E-state index in [9.17, 15) is 14.7 Å². The number of fused-ring (bicyclic) bond motifs is 1. The summed E-state index contributed by atoms with van der Waals surface area (Å²) in [5.41, 5.74) is 4.10. The van der Waals surface area contributed by atoms with Gasteiger partial charge < -0.3 is 10.4 Å². The molecular weight excluding hydrogens is 462 g/mol. The Kier molecular flexibility index (Phi) is 6.90. The lowest BCUT2D eigenvalue weighted by Crippen LogP contribution is -2.41. The summed E-state index contributed by atoms with van der Waals surface area (Å²) in [5.74, 6) is -1.57. The SMILES string of the molecule is O=C(/C=C/c1cn(-c2ccccc2)nc1-c1ccc2ccccc2c1)N[C@H](Cc1ccccc1)C(=O)O. The van der Waals surface area contributed by atoms with Crippen molar-refractivity contribution >= 4 is 28.7 Å². The largest absolute Gasteiger partial charge is 0.480 e. The molecule has 0 aliphatic heterocycles. The molecule has 1 heterocycles. The molecule has 5 rings (SSSR count). The molecule has 0 saturated carbocycles. The van der Waals surface area contributed by atoms with Crippen LogP contribution in [-0.4, -0.2) is 32.8 Å². The number of aromatic nitrogens is 2. The second kappa shape index (κ2) is 10.7. The minimum Gasteiger partial charge on any atom is -0.480 e. The average molecular weight is 488 g/mol. The quantitative estimate of drug-likeness (QED) is 0.282. The summed E-state index contributed by atoms with van der Waals surface area (Å²) < 4.78 is 1.78. The van der Waals surface area contributed by atoms with E-state index in [1.807, 2.05) is 91.1 Å². The first-order valence-corrected chi connectivity index (χ1v) is 12.0. The Balaban J connectivity index is 1.44. The number of carbonyl (C=O) groups excluding carboxylic acids is 1. The number of aliphatic carboxylic acids is 1. The van der Waals surface area contributed by atoms with Crippen molar-refractivity contribution in [3.63, 3.8) is 0 Å². The third kappa shape index (κ3) is 5.65. The van der Waals surface area contributed by atoms with E-state index in [4.69, 9.17) is 5.10 Å². The van der Waals surface area contributed by atoms with E-state index in [2.05, 4.69) is 23.5 Å². The summed E-state index contributed by atoms with van der Waals surface area (Å²) in [6.07, 6.45) is 5.10. The average Bonchev–Trinajstić information content (AvgIpc) is 3.37. The van der Waals surface area contributed by atoms with Crippen LogP contribution in [-0.2, 0) is 16.0 Å². The minimum absolute atomic E-state index is 0.198. The number of carbonyl (C=O) groups is 2. The highest BCUT2D eigenvalue weighted by Gasteiger charge is 2.19. The molecule has 2 N–H and O–H groups in total. The number of carboxylic acids is 1. The van der Waals surface area contributed by atoms with Crippen LogP contribution in [0.15, 0.2) is 115 Å². The Labute approximate surface area is 214 Å². The molecule has 0 radical (unpaired) electrons. The number of hydrogen-bond acceptors (Lipinski definition) is 3. The Morgan fingerprint density at radius 3 is 2.27 bits per heavy atom. The molecule has 0 unspecified atom stereocenters. The summed E-state index contributed by atoms with van der Waals surface area (Å²) >= 11 is 0. The number of benzene rings is 4. The molecule has 37 heavy (non-hydrogen) atoms. The first kappa shape index (κ1) is 23.8. The minimum atomic E-state index is -1.08. The lowest BCUT2D eigenvalue weighted by Gasteiger charge is -2.13. The van der Waals surface area contributed by atoms with Gasteiger partial charge in [0, 0.05) is 29.8 Å². The van der Waals surface area contributed by atoms with Crippen molar-refractivity contribution in [1.82, 2.24) is 15.1 Å². The highest BCUT2D eigenvalue weighted by molar-refractivity contribution is 5.95. The van der Waals surface area contributed by atoms with Crippen molar-refractivity contribution in [3.8, 4) is 16.9 Å².